The van der Waals surface area contributed by atoms with Crippen molar-refractivity contribution in [2.45, 2.75) is 19.8 Å². The molecular formula is C17H19N3O4. The number of rotatable bonds is 7. The summed E-state index contributed by atoms with van der Waals surface area (Å²) in [5.74, 6) is -2.12. The van der Waals surface area contributed by atoms with Gasteiger partial charge in [-0.3, -0.25) is 9.59 Å². The molecule has 0 saturated carbocycles. The van der Waals surface area contributed by atoms with Gasteiger partial charge in [0.05, 0.1) is 13.2 Å². The van der Waals surface area contributed by atoms with Crippen LogP contribution in [-0.4, -0.2) is 35.1 Å². The summed E-state index contributed by atoms with van der Waals surface area (Å²) in [6.07, 6.45) is 3.18. The summed E-state index contributed by atoms with van der Waals surface area (Å²) in [6, 6.07) is 8.61. The minimum Gasteiger partial charge on any atom is -0.465 e. The zero-order chi connectivity index (χ0) is 17.4. The first-order valence-electron chi connectivity index (χ1n) is 7.63. The number of carbonyl (C=O) groups excluding carboxylic acids is 2. The van der Waals surface area contributed by atoms with Gasteiger partial charge in [0.15, 0.2) is 5.92 Å². The van der Waals surface area contributed by atoms with Gasteiger partial charge in [-0.05, 0) is 26.0 Å². The van der Waals surface area contributed by atoms with Crippen molar-refractivity contribution in [3.63, 3.8) is 0 Å². The van der Waals surface area contributed by atoms with Gasteiger partial charge in [-0.15, -0.1) is 0 Å². The van der Waals surface area contributed by atoms with Crippen molar-refractivity contribution in [1.29, 1.82) is 0 Å². The Morgan fingerprint density at radius 1 is 1.00 bits per heavy atom. The molecule has 1 heterocycles. The minimum atomic E-state index is -1.17. The van der Waals surface area contributed by atoms with Crippen LogP contribution < -0.4 is 5.32 Å². The van der Waals surface area contributed by atoms with Crippen LogP contribution in [0.5, 0.6) is 0 Å². The zero-order valence-electron chi connectivity index (χ0n) is 13.6. The molecule has 7 heteroatoms. The van der Waals surface area contributed by atoms with Gasteiger partial charge < -0.3 is 14.8 Å². The summed E-state index contributed by atoms with van der Waals surface area (Å²) >= 11 is 0. The number of esters is 2. The first-order valence-corrected chi connectivity index (χ1v) is 7.63. The number of benzene rings is 1. The van der Waals surface area contributed by atoms with Gasteiger partial charge in [-0.25, -0.2) is 9.97 Å². The third-order valence-electron chi connectivity index (χ3n) is 3.13. The number of nitrogens with one attached hydrogen (secondary N) is 1. The molecule has 1 aromatic carbocycles. The highest BCUT2D eigenvalue weighted by Gasteiger charge is 2.33. The van der Waals surface area contributed by atoms with Crippen LogP contribution >= 0.6 is 0 Å². The third-order valence-corrected chi connectivity index (χ3v) is 3.13. The SMILES string of the molecule is CCOC(=O)C(C(=O)OCC)c1ccccc1Nc1ncccn1. The van der Waals surface area contributed by atoms with Crippen LogP contribution in [0.3, 0.4) is 0 Å². The van der Waals surface area contributed by atoms with Crippen LogP contribution in [0, 0.1) is 0 Å². The van der Waals surface area contributed by atoms with Crippen molar-refractivity contribution < 1.29 is 19.1 Å². The van der Waals surface area contributed by atoms with E-state index in [2.05, 4.69) is 15.3 Å². The third kappa shape index (κ3) is 4.28. The summed E-state index contributed by atoms with van der Waals surface area (Å²) in [6.45, 7) is 3.71. The number of ether oxygens (including phenoxy) is 2. The number of aromatic nitrogens is 2. The van der Waals surface area contributed by atoms with Gasteiger partial charge in [0.2, 0.25) is 5.95 Å². The Bertz CT molecular complexity index is 673. The Labute approximate surface area is 140 Å². The van der Waals surface area contributed by atoms with E-state index in [0.29, 0.717) is 17.2 Å². The molecule has 1 aromatic heterocycles. The molecule has 2 rings (SSSR count). The van der Waals surface area contributed by atoms with E-state index in [4.69, 9.17) is 9.47 Å². The molecule has 0 atom stereocenters. The maximum absolute atomic E-state index is 12.3. The zero-order valence-corrected chi connectivity index (χ0v) is 13.6. The Hall–Kier alpha value is -2.96. The van der Waals surface area contributed by atoms with Crippen LogP contribution in [0.15, 0.2) is 42.7 Å². The van der Waals surface area contributed by atoms with Crippen LogP contribution in [-0.2, 0) is 19.1 Å². The summed E-state index contributed by atoms with van der Waals surface area (Å²) in [4.78, 5) is 32.7. The van der Waals surface area contributed by atoms with Crippen molar-refractivity contribution in [3.8, 4) is 0 Å². The number of para-hydroxylation sites is 1. The first kappa shape index (κ1) is 17.4. The molecule has 0 unspecified atom stereocenters. The van der Waals surface area contributed by atoms with Crippen LogP contribution in [0.25, 0.3) is 0 Å². The Balaban J connectivity index is 2.38. The highest BCUT2D eigenvalue weighted by atomic mass is 16.6. The molecule has 1 N–H and O–H groups in total. The van der Waals surface area contributed by atoms with E-state index in [-0.39, 0.29) is 13.2 Å². The topological polar surface area (TPSA) is 90.4 Å². The van der Waals surface area contributed by atoms with E-state index in [0.717, 1.165) is 0 Å². The summed E-state index contributed by atoms with van der Waals surface area (Å²) in [5.41, 5.74) is 0.983. The van der Waals surface area contributed by atoms with Gasteiger partial charge in [0, 0.05) is 23.6 Å². The predicted molar refractivity (Wildman–Crippen MR) is 87.8 cm³/mol. The van der Waals surface area contributed by atoms with Crippen molar-refractivity contribution in [1.82, 2.24) is 9.97 Å². The molecule has 0 aliphatic heterocycles. The quantitative estimate of drug-likeness (QED) is 0.616. The smallest absolute Gasteiger partial charge is 0.324 e. The van der Waals surface area contributed by atoms with Crippen molar-refractivity contribution in [2.24, 2.45) is 0 Å². The Morgan fingerprint density at radius 2 is 1.58 bits per heavy atom. The molecule has 0 bridgehead atoms. The number of hydrogen-bond acceptors (Lipinski definition) is 7. The summed E-state index contributed by atoms with van der Waals surface area (Å²) in [7, 11) is 0. The van der Waals surface area contributed by atoms with Gasteiger partial charge in [0.25, 0.3) is 0 Å². The van der Waals surface area contributed by atoms with E-state index in [1.807, 2.05) is 0 Å². The van der Waals surface area contributed by atoms with Crippen molar-refractivity contribution >= 4 is 23.6 Å². The Kier molecular flexibility index (Phi) is 6.24. The van der Waals surface area contributed by atoms with E-state index in [9.17, 15) is 9.59 Å². The Morgan fingerprint density at radius 3 is 2.17 bits per heavy atom. The van der Waals surface area contributed by atoms with Gasteiger partial charge in [-0.2, -0.15) is 0 Å². The summed E-state index contributed by atoms with van der Waals surface area (Å²) < 4.78 is 10.1. The van der Waals surface area contributed by atoms with Crippen molar-refractivity contribution in [3.05, 3.63) is 48.3 Å². The fourth-order valence-corrected chi connectivity index (χ4v) is 2.15. The van der Waals surface area contributed by atoms with Crippen LogP contribution in [0.4, 0.5) is 11.6 Å². The predicted octanol–water partition coefficient (Wildman–Crippen LogP) is 2.43. The van der Waals surface area contributed by atoms with Gasteiger partial charge in [0.1, 0.15) is 0 Å². The highest BCUT2D eigenvalue weighted by Crippen LogP contribution is 2.28. The molecule has 0 radical (unpaired) electrons. The second-order valence-corrected chi connectivity index (χ2v) is 4.72. The van der Waals surface area contributed by atoms with Crippen LogP contribution in [0.2, 0.25) is 0 Å². The van der Waals surface area contributed by atoms with Gasteiger partial charge in [-0.1, -0.05) is 18.2 Å². The average Bonchev–Trinajstić information content (AvgIpc) is 2.58. The molecule has 0 aliphatic carbocycles. The highest BCUT2D eigenvalue weighted by molar-refractivity contribution is 6.02. The normalized spacial score (nSPS) is 10.3. The fraction of sp³-hybridized carbons (Fsp3) is 0.294. The molecular weight excluding hydrogens is 310 g/mol. The lowest BCUT2D eigenvalue weighted by Crippen LogP contribution is -2.27. The van der Waals surface area contributed by atoms with E-state index < -0.39 is 17.9 Å². The number of carbonyl (C=O) groups is 2. The second-order valence-electron chi connectivity index (χ2n) is 4.72. The fourth-order valence-electron chi connectivity index (χ4n) is 2.15. The lowest BCUT2D eigenvalue weighted by molar-refractivity contribution is -0.156. The molecule has 0 aliphatic rings. The second kappa shape index (κ2) is 8.61. The maximum atomic E-state index is 12.3. The van der Waals surface area contributed by atoms with E-state index in [1.165, 1.54) is 0 Å². The average molecular weight is 329 g/mol. The molecule has 0 fully saturated rings. The molecule has 0 spiro atoms. The van der Waals surface area contributed by atoms with Crippen LogP contribution in [0.1, 0.15) is 25.3 Å². The summed E-state index contributed by atoms with van der Waals surface area (Å²) in [5, 5.41) is 3.01. The standard InChI is InChI=1S/C17H19N3O4/c1-3-23-15(21)14(16(22)24-4-2)12-8-5-6-9-13(12)20-17-18-10-7-11-19-17/h5-11,14H,3-4H2,1-2H3,(H,18,19,20). The van der Waals surface area contributed by atoms with E-state index in [1.54, 1.807) is 56.6 Å². The monoisotopic (exact) mass is 329 g/mol. The molecule has 0 amide bonds. The number of anilines is 2. The number of nitrogens with zero attached hydrogens (tertiary/aromatic N) is 2. The first-order chi connectivity index (χ1) is 11.7. The van der Waals surface area contributed by atoms with E-state index >= 15 is 0 Å². The lowest BCUT2D eigenvalue weighted by Gasteiger charge is -2.18. The number of hydrogen-bond donors (Lipinski definition) is 1. The lowest BCUT2D eigenvalue weighted by atomic mass is 9.97. The molecule has 24 heavy (non-hydrogen) atoms. The molecule has 2 aromatic rings. The molecule has 7 nitrogen and oxygen atoms in total. The maximum Gasteiger partial charge on any atom is 0.324 e. The molecule has 126 valence electrons. The van der Waals surface area contributed by atoms with Crippen molar-refractivity contribution in [2.75, 3.05) is 18.5 Å². The minimum absolute atomic E-state index is 0.173. The largest absolute Gasteiger partial charge is 0.465 e. The molecule has 0 saturated heterocycles. The van der Waals surface area contributed by atoms with Gasteiger partial charge >= 0.3 is 11.9 Å².